The standard InChI is InChI=1S/C28H35N5O5/c1-19(2)13-23(26(35)21-11-7-4-8-12-21)33-27(36)24(14-22-15-29-18-31-22)32-25(34)16-30-28(37)38-17-20-9-5-3-6-10-20/h3-12,15,18-19,23-24,26,35H,13-14,16-17H2,1-2H3,(H,29,31)(H,30,37)(H,32,34)(H,33,36)/t23-,24-,26?/m0/s1. The Balaban J connectivity index is 1.61. The lowest BCUT2D eigenvalue weighted by Crippen LogP contribution is -2.53. The van der Waals surface area contributed by atoms with Crippen molar-refractivity contribution in [1.82, 2.24) is 25.9 Å². The Morgan fingerprint density at radius 1 is 1.00 bits per heavy atom. The molecular weight excluding hydrogens is 486 g/mol. The number of aromatic amines is 1. The number of amides is 3. The zero-order valence-corrected chi connectivity index (χ0v) is 21.6. The first-order chi connectivity index (χ1) is 18.3. The van der Waals surface area contributed by atoms with E-state index < -0.39 is 36.1 Å². The van der Waals surface area contributed by atoms with Crippen molar-refractivity contribution in [3.63, 3.8) is 0 Å². The van der Waals surface area contributed by atoms with Crippen molar-refractivity contribution in [2.24, 2.45) is 5.92 Å². The molecule has 0 saturated carbocycles. The van der Waals surface area contributed by atoms with Crippen LogP contribution in [-0.2, 0) is 27.4 Å². The van der Waals surface area contributed by atoms with E-state index in [2.05, 4.69) is 25.9 Å². The van der Waals surface area contributed by atoms with E-state index in [1.165, 1.54) is 6.33 Å². The van der Waals surface area contributed by atoms with E-state index in [4.69, 9.17) is 4.74 Å². The topological polar surface area (TPSA) is 145 Å². The summed E-state index contributed by atoms with van der Waals surface area (Å²) in [6.07, 6.45) is 2.05. The average molecular weight is 522 g/mol. The Morgan fingerprint density at radius 2 is 1.68 bits per heavy atom. The highest BCUT2D eigenvalue weighted by Gasteiger charge is 2.29. The summed E-state index contributed by atoms with van der Waals surface area (Å²) in [6.45, 7) is 3.70. The lowest BCUT2D eigenvalue weighted by molar-refractivity contribution is -0.129. The highest BCUT2D eigenvalue weighted by atomic mass is 16.5. The molecule has 38 heavy (non-hydrogen) atoms. The van der Waals surface area contributed by atoms with Gasteiger partial charge in [0.15, 0.2) is 0 Å². The predicted molar refractivity (Wildman–Crippen MR) is 142 cm³/mol. The molecule has 202 valence electrons. The summed E-state index contributed by atoms with van der Waals surface area (Å²) in [7, 11) is 0. The predicted octanol–water partition coefficient (Wildman–Crippen LogP) is 2.63. The highest BCUT2D eigenvalue weighted by Crippen LogP contribution is 2.22. The van der Waals surface area contributed by atoms with Crippen LogP contribution in [0, 0.1) is 5.92 Å². The van der Waals surface area contributed by atoms with Gasteiger partial charge >= 0.3 is 6.09 Å². The molecule has 0 aliphatic rings. The number of aromatic nitrogens is 2. The van der Waals surface area contributed by atoms with E-state index in [-0.39, 0.29) is 25.5 Å². The third-order valence-corrected chi connectivity index (χ3v) is 5.81. The highest BCUT2D eigenvalue weighted by molar-refractivity contribution is 5.89. The number of carbonyl (C=O) groups excluding carboxylic acids is 3. The number of hydrogen-bond acceptors (Lipinski definition) is 6. The molecule has 0 spiro atoms. The van der Waals surface area contributed by atoms with E-state index in [1.54, 1.807) is 18.3 Å². The molecule has 1 unspecified atom stereocenters. The summed E-state index contributed by atoms with van der Waals surface area (Å²) in [5.74, 6) is -0.823. The smallest absolute Gasteiger partial charge is 0.407 e. The number of nitrogens with one attached hydrogen (secondary N) is 4. The van der Waals surface area contributed by atoms with Crippen LogP contribution in [0.3, 0.4) is 0 Å². The zero-order valence-electron chi connectivity index (χ0n) is 21.6. The molecule has 3 amide bonds. The number of hydrogen-bond donors (Lipinski definition) is 5. The number of imidazole rings is 1. The van der Waals surface area contributed by atoms with Gasteiger partial charge in [0.1, 0.15) is 19.2 Å². The largest absolute Gasteiger partial charge is 0.445 e. The van der Waals surface area contributed by atoms with Crippen LogP contribution in [0.1, 0.15) is 43.2 Å². The Labute approximate surface area is 222 Å². The molecule has 0 bridgehead atoms. The number of H-pyrrole nitrogens is 1. The molecular formula is C28H35N5O5. The minimum atomic E-state index is -0.970. The molecule has 3 atom stereocenters. The summed E-state index contributed by atoms with van der Waals surface area (Å²) in [5.41, 5.74) is 2.15. The number of aliphatic hydroxyl groups is 1. The first-order valence-electron chi connectivity index (χ1n) is 12.6. The molecule has 10 heteroatoms. The Kier molecular flexibility index (Phi) is 10.9. The molecule has 0 aliphatic carbocycles. The van der Waals surface area contributed by atoms with E-state index in [1.807, 2.05) is 62.4 Å². The number of alkyl carbamates (subject to hydrolysis) is 1. The van der Waals surface area contributed by atoms with Gasteiger partial charge < -0.3 is 30.8 Å². The van der Waals surface area contributed by atoms with Crippen molar-refractivity contribution < 1.29 is 24.2 Å². The number of rotatable bonds is 13. The van der Waals surface area contributed by atoms with Gasteiger partial charge in [0, 0.05) is 18.3 Å². The van der Waals surface area contributed by atoms with Crippen molar-refractivity contribution in [2.75, 3.05) is 6.54 Å². The monoisotopic (exact) mass is 521 g/mol. The Bertz CT molecular complexity index is 1140. The summed E-state index contributed by atoms with van der Waals surface area (Å²) in [6, 6.07) is 16.7. The van der Waals surface area contributed by atoms with Gasteiger partial charge in [-0.05, 0) is 23.5 Å². The van der Waals surface area contributed by atoms with Crippen LogP contribution < -0.4 is 16.0 Å². The number of carbonyl (C=O) groups is 3. The fourth-order valence-corrected chi connectivity index (χ4v) is 3.94. The van der Waals surface area contributed by atoms with Crippen LogP contribution in [0.15, 0.2) is 73.2 Å². The maximum absolute atomic E-state index is 13.3. The van der Waals surface area contributed by atoms with Gasteiger partial charge in [-0.3, -0.25) is 9.59 Å². The van der Waals surface area contributed by atoms with Crippen molar-refractivity contribution in [1.29, 1.82) is 0 Å². The second-order valence-electron chi connectivity index (χ2n) is 9.42. The third kappa shape index (κ3) is 9.36. The average Bonchev–Trinajstić information content (AvgIpc) is 3.43. The first-order valence-corrected chi connectivity index (χ1v) is 12.6. The van der Waals surface area contributed by atoms with Crippen LogP contribution in [0.4, 0.5) is 4.79 Å². The summed E-state index contributed by atoms with van der Waals surface area (Å²) in [5, 5.41) is 19.0. The Hall–Kier alpha value is -4.18. The molecule has 3 aromatic rings. The first kappa shape index (κ1) is 28.4. The van der Waals surface area contributed by atoms with Crippen LogP contribution in [0.5, 0.6) is 0 Å². The zero-order chi connectivity index (χ0) is 27.3. The quantitative estimate of drug-likeness (QED) is 0.234. The van der Waals surface area contributed by atoms with Crippen molar-refractivity contribution in [3.8, 4) is 0 Å². The minimum absolute atomic E-state index is 0.0696. The second kappa shape index (κ2) is 14.5. The van der Waals surface area contributed by atoms with Crippen molar-refractivity contribution in [3.05, 3.63) is 90.0 Å². The number of ether oxygens (including phenoxy) is 1. The van der Waals surface area contributed by atoms with Crippen LogP contribution >= 0.6 is 0 Å². The third-order valence-electron chi connectivity index (χ3n) is 5.81. The minimum Gasteiger partial charge on any atom is -0.445 e. The molecule has 2 aromatic carbocycles. The SMILES string of the molecule is CC(C)C[C@H](NC(=O)[C@H](Cc1cnc[nH]1)NC(=O)CNC(=O)OCc1ccccc1)C(O)c1ccccc1. The van der Waals surface area contributed by atoms with Gasteiger partial charge in [-0.2, -0.15) is 0 Å². The van der Waals surface area contributed by atoms with Gasteiger partial charge in [-0.15, -0.1) is 0 Å². The normalized spacial score (nSPS) is 13.3. The maximum atomic E-state index is 13.3. The van der Waals surface area contributed by atoms with Crippen LogP contribution in [0.25, 0.3) is 0 Å². The summed E-state index contributed by atoms with van der Waals surface area (Å²) < 4.78 is 5.12. The van der Waals surface area contributed by atoms with Gasteiger partial charge in [0.25, 0.3) is 0 Å². The van der Waals surface area contributed by atoms with E-state index in [9.17, 15) is 19.5 Å². The van der Waals surface area contributed by atoms with Gasteiger partial charge in [-0.1, -0.05) is 74.5 Å². The summed E-state index contributed by atoms with van der Waals surface area (Å²) >= 11 is 0. The fourth-order valence-electron chi connectivity index (χ4n) is 3.94. The number of nitrogens with zero attached hydrogens (tertiary/aromatic N) is 1. The molecule has 0 fully saturated rings. The molecule has 1 aromatic heterocycles. The maximum Gasteiger partial charge on any atom is 0.407 e. The lowest BCUT2D eigenvalue weighted by atomic mass is 9.94. The molecule has 10 nitrogen and oxygen atoms in total. The Morgan fingerprint density at radius 3 is 2.32 bits per heavy atom. The van der Waals surface area contributed by atoms with E-state index >= 15 is 0 Å². The fraction of sp³-hybridized carbons (Fsp3) is 0.357. The van der Waals surface area contributed by atoms with Crippen LogP contribution in [-0.4, -0.2) is 51.6 Å². The van der Waals surface area contributed by atoms with E-state index in [0.717, 1.165) is 5.56 Å². The molecule has 3 rings (SSSR count). The van der Waals surface area contributed by atoms with Gasteiger partial charge in [0.2, 0.25) is 11.8 Å². The van der Waals surface area contributed by atoms with Gasteiger partial charge in [-0.25, -0.2) is 9.78 Å². The summed E-state index contributed by atoms with van der Waals surface area (Å²) in [4.78, 5) is 44.9. The van der Waals surface area contributed by atoms with Crippen molar-refractivity contribution in [2.45, 2.75) is 51.5 Å². The van der Waals surface area contributed by atoms with Crippen LogP contribution in [0.2, 0.25) is 0 Å². The molecule has 0 saturated heterocycles. The molecule has 0 radical (unpaired) electrons. The lowest BCUT2D eigenvalue weighted by Gasteiger charge is -2.28. The number of aliphatic hydroxyl groups excluding tert-OH is 1. The van der Waals surface area contributed by atoms with Crippen molar-refractivity contribution >= 4 is 17.9 Å². The number of benzene rings is 2. The van der Waals surface area contributed by atoms with Gasteiger partial charge in [0.05, 0.1) is 18.5 Å². The molecule has 1 heterocycles. The van der Waals surface area contributed by atoms with E-state index in [0.29, 0.717) is 17.7 Å². The second-order valence-corrected chi connectivity index (χ2v) is 9.42. The molecule has 0 aliphatic heterocycles. The molecule has 5 N–H and O–H groups in total.